The molecule has 2 N–H and O–H groups in total. The van der Waals surface area contributed by atoms with E-state index >= 15 is 0 Å². The molecule has 2 saturated carbocycles. The number of hydrogen-bond acceptors (Lipinski definition) is 2. The van der Waals surface area contributed by atoms with Crippen molar-refractivity contribution < 1.29 is 0 Å². The maximum atomic E-state index is 5.74. The minimum Gasteiger partial charge on any atom is -0.330 e. The van der Waals surface area contributed by atoms with Crippen molar-refractivity contribution in [1.29, 1.82) is 0 Å². The monoisotopic (exact) mass is 266 g/mol. The molecule has 2 aliphatic rings. The first-order chi connectivity index (χ1) is 9.19. The van der Waals surface area contributed by atoms with Crippen molar-refractivity contribution in [2.75, 3.05) is 26.2 Å². The van der Waals surface area contributed by atoms with E-state index in [1.54, 1.807) is 0 Å². The van der Waals surface area contributed by atoms with Gasteiger partial charge in [0.1, 0.15) is 0 Å². The van der Waals surface area contributed by atoms with E-state index in [1.165, 1.54) is 64.6 Å². The van der Waals surface area contributed by atoms with Crippen LogP contribution in [0.15, 0.2) is 0 Å². The van der Waals surface area contributed by atoms with Crippen LogP contribution < -0.4 is 5.73 Å². The number of nitrogens with two attached hydrogens (primary N) is 1. The third kappa shape index (κ3) is 6.27. The highest BCUT2D eigenvalue weighted by Gasteiger charge is 2.28. The Balaban J connectivity index is 1.64. The smallest absolute Gasteiger partial charge is 0.000978 e. The Labute approximate surface area is 120 Å². The fourth-order valence-corrected chi connectivity index (χ4v) is 3.19. The number of nitrogens with zero attached hydrogens (tertiary/aromatic N) is 1. The van der Waals surface area contributed by atoms with Crippen LogP contribution in [0.4, 0.5) is 0 Å². The first-order valence-corrected chi connectivity index (χ1v) is 8.61. The SMILES string of the molecule is CC(C)C(CCN)CCCN(CC1CC1)CC1CC1. The predicted octanol–water partition coefficient (Wildman–Crippen LogP) is 3.51. The van der Waals surface area contributed by atoms with E-state index in [0.29, 0.717) is 0 Å². The topological polar surface area (TPSA) is 29.3 Å². The Morgan fingerprint density at radius 3 is 2.00 bits per heavy atom. The van der Waals surface area contributed by atoms with E-state index in [9.17, 15) is 0 Å². The molecule has 0 spiro atoms. The lowest BCUT2D eigenvalue weighted by atomic mass is 9.88. The van der Waals surface area contributed by atoms with Crippen molar-refractivity contribution in [3.05, 3.63) is 0 Å². The van der Waals surface area contributed by atoms with Gasteiger partial charge in [-0.3, -0.25) is 0 Å². The Kier molecular flexibility index (Phi) is 6.15. The van der Waals surface area contributed by atoms with Gasteiger partial charge in [-0.25, -0.2) is 0 Å². The Morgan fingerprint density at radius 1 is 1.00 bits per heavy atom. The van der Waals surface area contributed by atoms with Crippen molar-refractivity contribution in [2.24, 2.45) is 29.4 Å². The summed E-state index contributed by atoms with van der Waals surface area (Å²) in [6.45, 7) is 9.68. The highest BCUT2D eigenvalue weighted by atomic mass is 15.1. The van der Waals surface area contributed by atoms with E-state index in [2.05, 4.69) is 18.7 Å². The van der Waals surface area contributed by atoms with Crippen molar-refractivity contribution >= 4 is 0 Å². The molecular weight excluding hydrogens is 232 g/mol. The molecule has 2 rings (SSSR count). The van der Waals surface area contributed by atoms with Gasteiger partial charge in [-0.15, -0.1) is 0 Å². The van der Waals surface area contributed by atoms with Crippen molar-refractivity contribution in [3.8, 4) is 0 Å². The lowest BCUT2D eigenvalue weighted by molar-refractivity contribution is 0.231. The van der Waals surface area contributed by atoms with E-state index in [1.807, 2.05) is 0 Å². The molecule has 0 aliphatic heterocycles. The van der Waals surface area contributed by atoms with Gasteiger partial charge in [-0.2, -0.15) is 0 Å². The van der Waals surface area contributed by atoms with Gasteiger partial charge in [0.05, 0.1) is 0 Å². The van der Waals surface area contributed by atoms with Crippen LogP contribution in [0.5, 0.6) is 0 Å². The molecule has 2 heteroatoms. The second-order valence-corrected chi connectivity index (χ2v) is 7.37. The molecule has 2 fully saturated rings. The summed E-state index contributed by atoms with van der Waals surface area (Å²) in [4.78, 5) is 2.77. The van der Waals surface area contributed by atoms with Crippen LogP contribution in [0.3, 0.4) is 0 Å². The summed E-state index contributed by atoms with van der Waals surface area (Å²) in [6, 6.07) is 0. The van der Waals surface area contributed by atoms with Crippen molar-refractivity contribution in [2.45, 2.75) is 58.8 Å². The average molecular weight is 266 g/mol. The highest BCUT2D eigenvalue weighted by Crippen LogP contribution is 2.34. The summed E-state index contributed by atoms with van der Waals surface area (Å²) in [6.07, 6.45) is 9.92. The minimum absolute atomic E-state index is 0.795. The van der Waals surface area contributed by atoms with E-state index in [0.717, 1.165) is 30.2 Å². The molecule has 0 bridgehead atoms. The quantitative estimate of drug-likeness (QED) is 0.620. The van der Waals surface area contributed by atoms with Gasteiger partial charge in [-0.1, -0.05) is 13.8 Å². The molecule has 0 aromatic carbocycles. The number of rotatable bonds is 11. The summed E-state index contributed by atoms with van der Waals surface area (Å²) in [7, 11) is 0. The third-order valence-corrected chi connectivity index (χ3v) is 4.96. The van der Waals surface area contributed by atoms with Gasteiger partial charge in [0.15, 0.2) is 0 Å². The lowest BCUT2D eigenvalue weighted by Crippen LogP contribution is -2.30. The van der Waals surface area contributed by atoms with Crippen molar-refractivity contribution in [1.82, 2.24) is 4.90 Å². The first kappa shape index (κ1) is 15.3. The van der Waals surface area contributed by atoms with Crippen LogP contribution >= 0.6 is 0 Å². The zero-order valence-electron chi connectivity index (χ0n) is 13.1. The summed E-state index contributed by atoms with van der Waals surface area (Å²) >= 11 is 0. The molecule has 0 aromatic rings. The third-order valence-electron chi connectivity index (χ3n) is 4.96. The maximum absolute atomic E-state index is 5.74. The molecule has 112 valence electrons. The summed E-state index contributed by atoms with van der Waals surface area (Å²) in [5, 5.41) is 0. The zero-order valence-corrected chi connectivity index (χ0v) is 13.1. The molecule has 0 aromatic heterocycles. The molecule has 0 amide bonds. The van der Waals surface area contributed by atoms with E-state index in [-0.39, 0.29) is 0 Å². The predicted molar refractivity (Wildman–Crippen MR) is 83.1 cm³/mol. The highest BCUT2D eigenvalue weighted by molar-refractivity contribution is 4.82. The Bertz CT molecular complexity index is 230. The van der Waals surface area contributed by atoms with Crippen LogP contribution in [0.25, 0.3) is 0 Å². The lowest BCUT2D eigenvalue weighted by Gasteiger charge is -2.25. The maximum Gasteiger partial charge on any atom is 0.000978 e. The molecule has 2 aliphatic carbocycles. The Morgan fingerprint density at radius 2 is 1.58 bits per heavy atom. The van der Waals surface area contributed by atoms with Gasteiger partial charge in [0, 0.05) is 13.1 Å². The second-order valence-electron chi connectivity index (χ2n) is 7.37. The van der Waals surface area contributed by atoms with Crippen LogP contribution in [0.2, 0.25) is 0 Å². The molecule has 1 atom stereocenters. The molecule has 0 radical (unpaired) electrons. The first-order valence-electron chi connectivity index (χ1n) is 8.61. The van der Waals surface area contributed by atoms with E-state index < -0.39 is 0 Å². The molecular formula is C17H34N2. The van der Waals surface area contributed by atoms with Crippen LogP contribution in [0, 0.1) is 23.7 Å². The number of hydrogen-bond donors (Lipinski definition) is 1. The van der Waals surface area contributed by atoms with Gasteiger partial charge in [-0.05, 0) is 81.7 Å². The molecule has 0 heterocycles. The fourth-order valence-electron chi connectivity index (χ4n) is 3.19. The minimum atomic E-state index is 0.795. The normalized spacial score (nSPS) is 21.3. The van der Waals surface area contributed by atoms with Gasteiger partial charge in [0.2, 0.25) is 0 Å². The molecule has 2 nitrogen and oxygen atoms in total. The summed E-state index contributed by atoms with van der Waals surface area (Å²) in [5.74, 6) is 3.73. The summed E-state index contributed by atoms with van der Waals surface area (Å²) < 4.78 is 0. The van der Waals surface area contributed by atoms with Gasteiger partial charge < -0.3 is 10.6 Å². The second kappa shape index (κ2) is 7.64. The zero-order chi connectivity index (χ0) is 13.7. The summed E-state index contributed by atoms with van der Waals surface area (Å²) in [5.41, 5.74) is 5.74. The fraction of sp³-hybridized carbons (Fsp3) is 1.00. The Hall–Kier alpha value is -0.0800. The van der Waals surface area contributed by atoms with Crippen LogP contribution in [0.1, 0.15) is 58.8 Å². The molecule has 0 saturated heterocycles. The molecule has 1 unspecified atom stereocenters. The van der Waals surface area contributed by atoms with E-state index in [4.69, 9.17) is 5.73 Å². The average Bonchev–Trinajstić information content (AvgIpc) is 3.23. The standard InChI is InChI=1S/C17H34N2/c1-14(2)17(9-10-18)4-3-11-19(12-15-5-6-15)13-16-7-8-16/h14-17H,3-13,18H2,1-2H3. The van der Waals surface area contributed by atoms with Gasteiger partial charge >= 0.3 is 0 Å². The van der Waals surface area contributed by atoms with Crippen LogP contribution in [-0.4, -0.2) is 31.1 Å². The molecule has 19 heavy (non-hydrogen) atoms. The largest absolute Gasteiger partial charge is 0.330 e. The van der Waals surface area contributed by atoms with Crippen molar-refractivity contribution in [3.63, 3.8) is 0 Å². The van der Waals surface area contributed by atoms with Gasteiger partial charge in [0.25, 0.3) is 0 Å². The van der Waals surface area contributed by atoms with Crippen LogP contribution in [-0.2, 0) is 0 Å².